The quantitative estimate of drug-likeness (QED) is 0.0472. The van der Waals surface area contributed by atoms with Crippen LogP contribution in [0.3, 0.4) is 0 Å². The minimum Gasteiger partial charge on any atom is -0.506 e. The minimum absolute atomic E-state index is 0.103. The van der Waals surface area contributed by atoms with Crippen LogP contribution in [0.25, 0.3) is 109 Å². The molecule has 0 unspecified atom stereocenters. The Hall–Kier alpha value is -8.50. The third-order valence-corrected chi connectivity index (χ3v) is 11.8. The summed E-state index contributed by atoms with van der Waals surface area (Å²) in [6.07, 6.45) is 0. The summed E-state index contributed by atoms with van der Waals surface area (Å²) in [6, 6.07) is 42.6. The van der Waals surface area contributed by atoms with E-state index < -0.39 is 73.7 Å². The largest absolute Gasteiger partial charge is 0.506 e. The van der Waals surface area contributed by atoms with Gasteiger partial charge in [-0.05, 0) is 83.0 Å². The van der Waals surface area contributed by atoms with Gasteiger partial charge < -0.3 is 50.4 Å². The van der Waals surface area contributed by atoms with Crippen molar-refractivity contribution in [2.45, 2.75) is 0 Å². The van der Waals surface area contributed by atoms with Crippen LogP contribution >= 0.6 is 0 Å². The van der Waals surface area contributed by atoms with Crippen molar-refractivity contribution < 1.29 is 50.4 Å². The first kappa shape index (κ1) is 34.7. The Balaban J connectivity index is 1.18. The average molecular weight is 791 g/mol. The molecule has 0 aliphatic carbocycles. The molecule has 0 fully saturated rings. The number of phenols is 9. The highest BCUT2D eigenvalue weighted by Crippen LogP contribution is 2.61. The Morgan fingerprint density at radius 2 is 0.767 bits per heavy atom. The van der Waals surface area contributed by atoms with Gasteiger partial charge in [-0.3, -0.25) is 0 Å². The molecule has 0 spiro atoms. The fourth-order valence-electron chi connectivity index (χ4n) is 9.10. The van der Waals surface area contributed by atoms with Crippen molar-refractivity contribution in [2.24, 2.45) is 0 Å². The summed E-state index contributed by atoms with van der Waals surface area (Å²) in [6.45, 7) is 0. The van der Waals surface area contributed by atoms with Gasteiger partial charge in [-0.15, -0.1) is 0 Å². The van der Waals surface area contributed by atoms with E-state index in [4.69, 9.17) is 4.42 Å². The van der Waals surface area contributed by atoms with E-state index in [1.165, 1.54) is 0 Å². The summed E-state index contributed by atoms with van der Waals surface area (Å²) >= 11 is 0. The van der Waals surface area contributed by atoms with E-state index in [1.54, 1.807) is 12.1 Å². The molecule has 11 rings (SSSR count). The van der Waals surface area contributed by atoms with Gasteiger partial charge in [0.1, 0.15) is 5.75 Å². The zero-order chi connectivity index (χ0) is 41.3. The van der Waals surface area contributed by atoms with Crippen molar-refractivity contribution in [1.29, 1.82) is 0 Å². The molecule has 0 aliphatic heterocycles. The number of furan rings is 1. The van der Waals surface area contributed by atoms with Crippen LogP contribution in [-0.4, -0.2) is 46.0 Å². The van der Waals surface area contributed by atoms with E-state index in [1.807, 2.05) is 60.7 Å². The number of hydrogen-bond acceptors (Lipinski definition) is 10. The topological polar surface area (TPSA) is 195 Å². The van der Waals surface area contributed by atoms with Gasteiger partial charge in [-0.1, -0.05) is 115 Å². The molecule has 1 heterocycles. The van der Waals surface area contributed by atoms with Crippen LogP contribution in [0.1, 0.15) is 0 Å². The molecule has 0 atom stereocenters. The van der Waals surface area contributed by atoms with E-state index in [0.29, 0.717) is 10.9 Å². The lowest BCUT2D eigenvalue weighted by molar-refractivity contribution is 0.349. The standard InChI is InChI=1S/C50H30O10/c51-40-37-38(43(54)46(57)45(56)42(37)53)44(55)50-39(40)36-35(41(52)47(58)48(59)49(36)60-50)28-15-7-10-24-21-26(18-19-27(24)28)34-31-13-5-3-11-29(31)33(30-12-4-6-14-32(30)34)25-17-16-22-8-1-2-9-23(22)20-25/h1-21,51-59H. The van der Waals surface area contributed by atoms with E-state index in [0.717, 1.165) is 60.0 Å². The molecule has 1 aromatic heterocycles. The van der Waals surface area contributed by atoms with Crippen LogP contribution in [0.4, 0.5) is 0 Å². The molecular formula is C50H30O10. The van der Waals surface area contributed by atoms with Crippen LogP contribution in [0.2, 0.25) is 0 Å². The van der Waals surface area contributed by atoms with Gasteiger partial charge in [0.2, 0.25) is 23.0 Å². The summed E-state index contributed by atoms with van der Waals surface area (Å²) in [5, 5.41) is 105. The van der Waals surface area contributed by atoms with Crippen molar-refractivity contribution in [3.8, 4) is 85.1 Å². The van der Waals surface area contributed by atoms with Gasteiger partial charge >= 0.3 is 0 Å². The number of aromatic hydroxyl groups is 9. The van der Waals surface area contributed by atoms with Crippen LogP contribution in [-0.2, 0) is 0 Å². The molecule has 9 N–H and O–H groups in total. The SMILES string of the molecule is Oc1c(O)c(-c2cccc3cc(-c4c5ccccc5c(-c5ccc6ccccc6c5)c5ccccc45)ccc23)c2c(oc3c(O)c4c(O)c(O)c(O)c(O)c4c(O)c32)c1O. The van der Waals surface area contributed by atoms with Gasteiger partial charge in [-0.2, -0.15) is 0 Å². The summed E-state index contributed by atoms with van der Waals surface area (Å²) in [4.78, 5) is 0. The zero-order valence-electron chi connectivity index (χ0n) is 31.1. The smallest absolute Gasteiger partial charge is 0.205 e. The first-order chi connectivity index (χ1) is 29.0. The van der Waals surface area contributed by atoms with Crippen molar-refractivity contribution in [1.82, 2.24) is 0 Å². The fraction of sp³-hybridized carbons (Fsp3) is 0. The maximum absolute atomic E-state index is 11.7. The first-order valence-electron chi connectivity index (χ1n) is 18.9. The molecule has 0 saturated heterocycles. The second-order valence-corrected chi connectivity index (χ2v) is 14.9. The predicted molar refractivity (Wildman–Crippen MR) is 233 cm³/mol. The molecule has 0 saturated carbocycles. The van der Waals surface area contributed by atoms with Gasteiger partial charge in [0.15, 0.2) is 34.2 Å². The van der Waals surface area contributed by atoms with Gasteiger partial charge in [0.25, 0.3) is 0 Å². The lowest BCUT2D eigenvalue weighted by Crippen LogP contribution is -1.91. The van der Waals surface area contributed by atoms with Crippen LogP contribution < -0.4 is 0 Å². The summed E-state index contributed by atoms with van der Waals surface area (Å²) in [5.74, 6) is -8.83. The highest BCUT2D eigenvalue weighted by molar-refractivity contribution is 6.28. The maximum Gasteiger partial charge on any atom is 0.205 e. The maximum atomic E-state index is 11.7. The molecule has 10 nitrogen and oxygen atoms in total. The molecule has 10 aromatic carbocycles. The van der Waals surface area contributed by atoms with Crippen molar-refractivity contribution in [2.75, 3.05) is 0 Å². The Morgan fingerprint density at radius 1 is 0.283 bits per heavy atom. The molecule has 0 amide bonds. The Labute approximate surface area is 337 Å². The van der Waals surface area contributed by atoms with E-state index in [9.17, 15) is 46.0 Å². The Morgan fingerprint density at radius 3 is 1.38 bits per heavy atom. The predicted octanol–water partition coefficient (Wildman–Crippen LogP) is 11.7. The number of hydrogen-bond donors (Lipinski definition) is 9. The molecule has 0 radical (unpaired) electrons. The minimum atomic E-state index is -1.17. The summed E-state index contributed by atoms with van der Waals surface area (Å²) < 4.78 is 5.83. The molecule has 60 heavy (non-hydrogen) atoms. The van der Waals surface area contributed by atoms with E-state index in [-0.39, 0.29) is 16.3 Å². The third kappa shape index (κ3) is 4.52. The second-order valence-electron chi connectivity index (χ2n) is 14.9. The molecule has 11 aromatic rings. The lowest BCUT2D eigenvalue weighted by Gasteiger charge is -2.19. The second kappa shape index (κ2) is 12.3. The number of benzene rings is 10. The van der Waals surface area contributed by atoms with E-state index in [2.05, 4.69) is 54.6 Å². The summed E-state index contributed by atoms with van der Waals surface area (Å²) in [5.41, 5.74) is 3.38. The number of phenolic OH excluding ortho intramolecular Hbond substituents is 9. The lowest BCUT2D eigenvalue weighted by atomic mass is 9.85. The molecule has 290 valence electrons. The Bertz CT molecular complexity index is 3660. The summed E-state index contributed by atoms with van der Waals surface area (Å²) in [7, 11) is 0. The number of rotatable bonds is 3. The van der Waals surface area contributed by atoms with Crippen LogP contribution in [0.15, 0.2) is 132 Å². The molecule has 10 heteroatoms. The van der Waals surface area contributed by atoms with Gasteiger partial charge in [0.05, 0.1) is 16.2 Å². The number of fused-ring (bicyclic) bond motifs is 8. The monoisotopic (exact) mass is 790 g/mol. The highest BCUT2D eigenvalue weighted by Gasteiger charge is 2.33. The highest BCUT2D eigenvalue weighted by atomic mass is 16.4. The molecular weight excluding hydrogens is 761 g/mol. The van der Waals surface area contributed by atoms with Crippen LogP contribution in [0, 0.1) is 0 Å². The fourth-order valence-corrected chi connectivity index (χ4v) is 9.10. The third-order valence-electron chi connectivity index (χ3n) is 11.8. The molecule has 0 aliphatic rings. The van der Waals surface area contributed by atoms with Crippen molar-refractivity contribution in [3.05, 3.63) is 127 Å². The van der Waals surface area contributed by atoms with Crippen molar-refractivity contribution in [3.63, 3.8) is 0 Å². The first-order valence-corrected chi connectivity index (χ1v) is 18.9. The normalized spacial score (nSPS) is 11.9. The van der Waals surface area contributed by atoms with Gasteiger partial charge in [0, 0.05) is 10.9 Å². The van der Waals surface area contributed by atoms with Crippen LogP contribution in [0.5, 0.6) is 51.7 Å². The van der Waals surface area contributed by atoms with Crippen molar-refractivity contribution >= 4 is 75.8 Å². The van der Waals surface area contributed by atoms with Gasteiger partial charge in [-0.25, -0.2) is 0 Å². The Kier molecular flexibility index (Phi) is 7.09. The average Bonchev–Trinajstić information content (AvgIpc) is 3.68. The van der Waals surface area contributed by atoms with E-state index >= 15 is 0 Å². The molecule has 0 bridgehead atoms. The zero-order valence-corrected chi connectivity index (χ0v) is 31.1.